The van der Waals surface area contributed by atoms with E-state index in [0.717, 1.165) is 34.6 Å². The Balaban J connectivity index is 1.46. The third kappa shape index (κ3) is 5.66. The maximum atomic E-state index is 4.84. The van der Waals surface area contributed by atoms with Crippen LogP contribution in [0.25, 0.3) is 11.4 Å². The molecule has 1 saturated carbocycles. The standard InChI is InChI=1S/C40H39N5/c1-2-16-28-36(27-15-1)44(31-32-19-7-3-8-20-32)38-30-18-17-29-37(38)39-41-42-43-45(39)40(33-21-9-4-10-22-33,34-23-11-5-12-24-34)35-25-13-6-14-26-35/h3-14,17-26,29-30,36H,1-2,15-16,27-28,31H2. The molecule has 0 amide bonds. The Morgan fingerprint density at radius 3 is 1.62 bits per heavy atom. The van der Waals surface area contributed by atoms with Crippen LogP contribution < -0.4 is 4.90 Å². The van der Waals surface area contributed by atoms with Gasteiger partial charge in [-0.1, -0.05) is 159 Å². The molecule has 1 aromatic heterocycles. The molecule has 6 aromatic rings. The van der Waals surface area contributed by atoms with Crippen LogP contribution in [-0.4, -0.2) is 26.2 Å². The predicted octanol–water partition coefficient (Wildman–Crippen LogP) is 8.91. The number of rotatable bonds is 9. The first kappa shape index (κ1) is 28.7. The molecule has 224 valence electrons. The van der Waals surface area contributed by atoms with Gasteiger partial charge in [-0.05, 0) is 57.7 Å². The zero-order chi connectivity index (χ0) is 30.3. The van der Waals surface area contributed by atoms with Gasteiger partial charge in [0.2, 0.25) is 0 Å². The van der Waals surface area contributed by atoms with Gasteiger partial charge in [0.05, 0.1) is 0 Å². The van der Waals surface area contributed by atoms with Crippen molar-refractivity contribution in [2.24, 2.45) is 0 Å². The first-order valence-corrected chi connectivity index (χ1v) is 16.2. The van der Waals surface area contributed by atoms with Gasteiger partial charge in [0.25, 0.3) is 0 Å². The van der Waals surface area contributed by atoms with E-state index in [1.807, 2.05) is 0 Å². The number of aromatic nitrogens is 4. The molecule has 0 bridgehead atoms. The monoisotopic (exact) mass is 589 g/mol. The van der Waals surface area contributed by atoms with Crippen molar-refractivity contribution in [2.45, 2.75) is 56.7 Å². The van der Waals surface area contributed by atoms with Gasteiger partial charge in [-0.2, -0.15) is 0 Å². The molecule has 0 aliphatic heterocycles. The molecule has 0 N–H and O–H groups in total. The Morgan fingerprint density at radius 2 is 1.07 bits per heavy atom. The van der Waals surface area contributed by atoms with Gasteiger partial charge in [0.15, 0.2) is 5.82 Å². The van der Waals surface area contributed by atoms with E-state index in [2.05, 4.69) is 160 Å². The molecule has 5 nitrogen and oxygen atoms in total. The Hall–Kier alpha value is -5.03. The molecule has 1 aliphatic carbocycles. The van der Waals surface area contributed by atoms with Gasteiger partial charge in [0, 0.05) is 23.8 Å². The van der Waals surface area contributed by atoms with E-state index < -0.39 is 5.54 Å². The van der Waals surface area contributed by atoms with Crippen molar-refractivity contribution in [1.82, 2.24) is 20.2 Å². The molecule has 0 radical (unpaired) electrons. The summed E-state index contributed by atoms with van der Waals surface area (Å²) in [5.74, 6) is 0.744. The van der Waals surface area contributed by atoms with E-state index in [1.54, 1.807) is 0 Å². The minimum absolute atomic E-state index is 0.445. The van der Waals surface area contributed by atoms with Crippen LogP contribution in [0.15, 0.2) is 146 Å². The Labute approximate surface area is 266 Å². The van der Waals surface area contributed by atoms with Crippen molar-refractivity contribution in [1.29, 1.82) is 0 Å². The van der Waals surface area contributed by atoms with Crippen molar-refractivity contribution in [3.63, 3.8) is 0 Å². The average Bonchev–Trinajstić information content (AvgIpc) is 3.44. The maximum absolute atomic E-state index is 4.84. The summed E-state index contributed by atoms with van der Waals surface area (Å²) in [5.41, 5.74) is 6.00. The van der Waals surface area contributed by atoms with Gasteiger partial charge in [0.1, 0.15) is 5.54 Å². The van der Waals surface area contributed by atoms with Crippen LogP contribution in [0.3, 0.4) is 0 Å². The molecule has 45 heavy (non-hydrogen) atoms. The van der Waals surface area contributed by atoms with Crippen molar-refractivity contribution in [3.05, 3.63) is 168 Å². The quantitative estimate of drug-likeness (QED) is 0.125. The Kier molecular flexibility index (Phi) is 8.50. The smallest absolute Gasteiger partial charge is 0.185 e. The topological polar surface area (TPSA) is 46.8 Å². The van der Waals surface area contributed by atoms with Gasteiger partial charge >= 0.3 is 0 Å². The lowest BCUT2D eigenvalue weighted by Crippen LogP contribution is -2.39. The molecule has 0 atom stereocenters. The van der Waals surface area contributed by atoms with Crippen LogP contribution in [0.1, 0.15) is 60.8 Å². The third-order valence-electron chi connectivity index (χ3n) is 9.28. The number of hydrogen-bond donors (Lipinski definition) is 0. The zero-order valence-electron chi connectivity index (χ0n) is 25.6. The predicted molar refractivity (Wildman–Crippen MR) is 182 cm³/mol. The molecule has 1 heterocycles. The first-order valence-electron chi connectivity index (χ1n) is 16.2. The van der Waals surface area contributed by atoms with E-state index in [9.17, 15) is 0 Å². The molecular formula is C40H39N5. The number of anilines is 1. The Bertz CT molecular complexity index is 1680. The van der Waals surface area contributed by atoms with E-state index in [0.29, 0.717) is 6.04 Å². The molecule has 1 fully saturated rings. The van der Waals surface area contributed by atoms with Gasteiger partial charge < -0.3 is 4.90 Å². The van der Waals surface area contributed by atoms with E-state index in [4.69, 9.17) is 10.3 Å². The lowest BCUT2D eigenvalue weighted by Gasteiger charge is -2.37. The minimum Gasteiger partial charge on any atom is -0.364 e. The third-order valence-corrected chi connectivity index (χ3v) is 9.28. The highest BCUT2D eigenvalue weighted by atomic mass is 15.6. The maximum Gasteiger partial charge on any atom is 0.185 e. The van der Waals surface area contributed by atoms with E-state index >= 15 is 0 Å². The highest BCUT2D eigenvalue weighted by Gasteiger charge is 2.42. The van der Waals surface area contributed by atoms with Crippen molar-refractivity contribution < 1.29 is 0 Å². The molecule has 5 heteroatoms. The van der Waals surface area contributed by atoms with Gasteiger partial charge in [-0.25, -0.2) is 4.68 Å². The number of para-hydroxylation sites is 1. The number of nitrogens with zero attached hydrogens (tertiary/aromatic N) is 5. The first-order chi connectivity index (χ1) is 22.4. The lowest BCUT2D eigenvalue weighted by atomic mass is 9.77. The number of benzene rings is 5. The van der Waals surface area contributed by atoms with Crippen LogP contribution in [0.2, 0.25) is 0 Å². The average molecular weight is 590 g/mol. The van der Waals surface area contributed by atoms with E-state index in [1.165, 1.54) is 49.8 Å². The number of hydrogen-bond acceptors (Lipinski definition) is 4. The SMILES string of the molecule is c1ccc(CN(c2ccccc2-c2nnnn2C(c2ccccc2)(c2ccccc2)c2ccccc2)C2CCCCCC2)cc1. The van der Waals surface area contributed by atoms with Crippen LogP contribution in [0.5, 0.6) is 0 Å². The number of tetrazole rings is 1. The fourth-order valence-electron chi connectivity index (χ4n) is 7.16. The van der Waals surface area contributed by atoms with Crippen molar-refractivity contribution in [2.75, 3.05) is 4.90 Å². The normalized spacial score (nSPS) is 14.1. The highest BCUT2D eigenvalue weighted by Crippen LogP contribution is 2.44. The second-order valence-electron chi connectivity index (χ2n) is 12.0. The molecule has 5 aromatic carbocycles. The summed E-state index contributed by atoms with van der Waals surface area (Å²) in [6.07, 6.45) is 7.51. The van der Waals surface area contributed by atoms with Crippen LogP contribution in [-0.2, 0) is 12.1 Å². The second-order valence-corrected chi connectivity index (χ2v) is 12.0. The largest absolute Gasteiger partial charge is 0.364 e. The summed E-state index contributed by atoms with van der Waals surface area (Å²) >= 11 is 0. The molecule has 0 spiro atoms. The van der Waals surface area contributed by atoms with Crippen LogP contribution in [0.4, 0.5) is 5.69 Å². The Morgan fingerprint density at radius 1 is 0.578 bits per heavy atom. The fourth-order valence-corrected chi connectivity index (χ4v) is 7.16. The summed E-state index contributed by atoms with van der Waals surface area (Å²) in [6.45, 7) is 0.839. The van der Waals surface area contributed by atoms with Gasteiger partial charge in [-0.15, -0.1) is 5.10 Å². The second kappa shape index (κ2) is 13.3. The highest BCUT2D eigenvalue weighted by molar-refractivity contribution is 5.75. The minimum atomic E-state index is -0.803. The van der Waals surface area contributed by atoms with Gasteiger partial charge in [-0.3, -0.25) is 0 Å². The van der Waals surface area contributed by atoms with Crippen LogP contribution >= 0.6 is 0 Å². The van der Waals surface area contributed by atoms with Crippen LogP contribution in [0, 0.1) is 0 Å². The summed E-state index contributed by atoms with van der Waals surface area (Å²) in [5, 5.41) is 14.1. The molecule has 1 aliphatic rings. The fraction of sp³-hybridized carbons (Fsp3) is 0.225. The molecule has 7 rings (SSSR count). The van der Waals surface area contributed by atoms with Crippen molar-refractivity contribution >= 4 is 5.69 Å². The van der Waals surface area contributed by atoms with Crippen molar-refractivity contribution in [3.8, 4) is 11.4 Å². The summed E-state index contributed by atoms with van der Waals surface area (Å²) in [7, 11) is 0. The molecule has 0 saturated heterocycles. The molecule has 0 unspecified atom stereocenters. The molecular weight excluding hydrogens is 550 g/mol. The lowest BCUT2D eigenvalue weighted by molar-refractivity contribution is 0.451. The zero-order valence-corrected chi connectivity index (χ0v) is 25.6. The summed E-state index contributed by atoms with van der Waals surface area (Å²) in [4.78, 5) is 2.63. The van der Waals surface area contributed by atoms with E-state index in [-0.39, 0.29) is 0 Å². The summed E-state index contributed by atoms with van der Waals surface area (Å²) in [6, 6.07) is 51.9. The summed E-state index contributed by atoms with van der Waals surface area (Å²) < 4.78 is 2.06.